The number of fused-ring (bicyclic) bond motifs is 5. The maximum atomic E-state index is 12.0. The Bertz CT molecular complexity index is 671. The second-order valence-corrected chi connectivity index (χ2v) is 12.4. The molecule has 0 amide bonds. The van der Waals surface area contributed by atoms with Crippen LogP contribution in [0.3, 0.4) is 0 Å². The number of carbonyl (C=O) groups is 1. The van der Waals surface area contributed by atoms with E-state index in [1.807, 2.05) is 19.9 Å². The van der Waals surface area contributed by atoms with Crippen LogP contribution < -0.4 is 0 Å². The van der Waals surface area contributed by atoms with Crippen molar-refractivity contribution in [2.24, 2.45) is 40.4 Å². The molecule has 2 nitrogen and oxygen atoms in total. The number of allylic oxidation sites excluding steroid dienone is 1. The van der Waals surface area contributed by atoms with Crippen molar-refractivity contribution in [3.63, 3.8) is 0 Å². The predicted octanol–water partition coefficient (Wildman–Crippen LogP) is 6.71. The summed E-state index contributed by atoms with van der Waals surface area (Å²) in [7, 11) is 0. The van der Waals surface area contributed by atoms with Crippen molar-refractivity contribution in [2.75, 3.05) is 0 Å². The maximum absolute atomic E-state index is 12.0. The van der Waals surface area contributed by atoms with E-state index in [0.29, 0.717) is 16.6 Å². The Morgan fingerprint density at radius 3 is 2.59 bits per heavy atom. The molecular formula is C27H44O2. The Balaban J connectivity index is 1.47. The van der Waals surface area contributed by atoms with Crippen LogP contribution in [-0.2, 0) is 4.79 Å². The van der Waals surface area contributed by atoms with Crippen LogP contribution in [0.1, 0.15) is 105 Å². The minimum Gasteiger partial charge on any atom is -0.390 e. The van der Waals surface area contributed by atoms with Crippen molar-refractivity contribution in [3.05, 3.63) is 11.6 Å². The third-order valence-corrected chi connectivity index (χ3v) is 10.2. The van der Waals surface area contributed by atoms with Gasteiger partial charge in [-0.3, -0.25) is 4.79 Å². The summed E-state index contributed by atoms with van der Waals surface area (Å²) in [5, 5.41) is 10.1. The van der Waals surface area contributed by atoms with Gasteiger partial charge in [-0.25, -0.2) is 0 Å². The minimum atomic E-state index is -0.524. The van der Waals surface area contributed by atoms with Crippen molar-refractivity contribution >= 4 is 5.78 Å². The van der Waals surface area contributed by atoms with Crippen molar-refractivity contribution in [3.8, 4) is 0 Å². The molecule has 4 unspecified atom stereocenters. The Kier molecular flexibility index (Phi) is 5.59. The van der Waals surface area contributed by atoms with Crippen LogP contribution in [0.25, 0.3) is 0 Å². The molecule has 29 heavy (non-hydrogen) atoms. The maximum Gasteiger partial charge on any atom is 0.155 e. The summed E-state index contributed by atoms with van der Waals surface area (Å²) in [6, 6.07) is 0. The number of carbonyl (C=O) groups excluding carboxylic acids is 1. The third-order valence-electron chi connectivity index (χ3n) is 10.2. The molecule has 0 radical (unpaired) electrons. The SMILES string of the molecule is C[C@H](CCCC(C)(C)O)C1CCC2C3CCC4=CC(=O)CC[C@]4(C)C3CC[C@@]21C. The van der Waals surface area contributed by atoms with Crippen molar-refractivity contribution in [1.29, 1.82) is 0 Å². The van der Waals surface area contributed by atoms with Gasteiger partial charge in [0.05, 0.1) is 5.60 Å². The topological polar surface area (TPSA) is 37.3 Å². The van der Waals surface area contributed by atoms with Gasteiger partial charge in [-0.05, 0) is 112 Å². The van der Waals surface area contributed by atoms with E-state index in [9.17, 15) is 9.90 Å². The van der Waals surface area contributed by atoms with Gasteiger partial charge in [0.2, 0.25) is 0 Å². The first-order valence-corrected chi connectivity index (χ1v) is 12.5. The van der Waals surface area contributed by atoms with Crippen LogP contribution in [0.2, 0.25) is 0 Å². The minimum absolute atomic E-state index is 0.300. The van der Waals surface area contributed by atoms with Crippen LogP contribution in [0.15, 0.2) is 11.6 Å². The molecule has 3 fully saturated rings. The van der Waals surface area contributed by atoms with Gasteiger partial charge < -0.3 is 5.11 Å². The molecule has 4 rings (SSSR count). The molecule has 2 heteroatoms. The Morgan fingerprint density at radius 2 is 1.86 bits per heavy atom. The van der Waals surface area contributed by atoms with E-state index >= 15 is 0 Å². The molecule has 0 heterocycles. The summed E-state index contributed by atoms with van der Waals surface area (Å²) >= 11 is 0. The normalized spacial score (nSPS) is 43.2. The van der Waals surface area contributed by atoms with Gasteiger partial charge in [0.1, 0.15) is 0 Å². The second kappa shape index (κ2) is 7.50. The van der Waals surface area contributed by atoms with Gasteiger partial charge in [-0.15, -0.1) is 0 Å². The number of aliphatic hydroxyl groups is 1. The van der Waals surface area contributed by atoms with Gasteiger partial charge in [-0.2, -0.15) is 0 Å². The van der Waals surface area contributed by atoms with Crippen LogP contribution >= 0.6 is 0 Å². The second-order valence-electron chi connectivity index (χ2n) is 12.4. The number of hydrogen-bond donors (Lipinski definition) is 1. The van der Waals surface area contributed by atoms with Crippen LogP contribution in [0.4, 0.5) is 0 Å². The molecule has 164 valence electrons. The van der Waals surface area contributed by atoms with Gasteiger partial charge in [0.25, 0.3) is 0 Å². The molecule has 3 saturated carbocycles. The highest BCUT2D eigenvalue weighted by Gasteiger charge is 2.59. The lowest BCUT2D eigenvalue weighted by molar-refractivity contribution is -0.117. The molecule has 0 saturated heterocycles. The van der Waals surface area contributed by atoms with E-state index in [-0.39, 0.29) is 0 Å². The fourth-order valence-corrected chi connectivity index (χ4v) is 8.59. The molecule has 1 N–H and O–H groups in total. The first kappa shape index (κ1) is 21.6. The van der Waals surface area contributed by atoms with Crippen molar-refractivity contribution in [2.45, 2.75) is 111 Å². The molecule has 7 atom stereocenters. The third kappa shape index (κ3) is 3.77. The molecule has 0 spiro atoms. The van der Waals surface area contributed by atoms with Crippen LogP contribution in [0.5, 0.6) is 0 Å². The lowest BCUT2D eigenvalue weighted by Gasteiger charge is -2.58. The molecule has 0 aliphatic heterocycles. The van der Waals surface area contributed by atoms with Crippen molar-refractivity contribution < 1.29 is 9.90 Å². The summed E-state index contributed by atoms with van der Waals surface area (Å²) in [6.07, 6.45) is 15.3. The molecule has 4 aliphatic carbocycles. The summed E-state index contributed by atoms with van der Waals surface area (Å²) in [4.78, 5) is 12.0. The zero-order chi connectivity index (χ0) is 21.0. The highest BCUT2D eigenvalue weighted by molar-refractivity contribution is 5.91. The predicted molar refractivity (Wildman–Crippen MR) is 120 cm³/mol. The lowest BCUT2D eigenvalue weighted by Crippen LogP contribution is -2.51. The Morgan fingerprint density at radius 1 is 1.10 bits per heavy atom. The summed E-state index contributed by atoms with van der Waals surface area (Å²) in [5.41, 5.74) is 1.78. The fourth-order valence-electron chi connectivity index (χ4n) is 8.59. The highest BCUT2D eigenvalue weighted by atomic mass is 16.3. The zero-order valence-corrected chi connectivity index (χ0v) is 19.6. The molecular weight excluding hydrogens is 356 g/mol. The zero-order valence-electron chi connectivity index (χ0n) is 19.6. The molecule has 0 aromatic rings. The van der Waals surface area contributed by atoms with E-state index in [4.69, 9.17) is 0 Å². The molecule has 0 aromatic heterocycles. The molecule has 0 aromatic carbocycles. The first-order chi connectivity index (χ1) is 13.5. The number of rotatable bonds is 5. The summed E-state index contributed by atoms with van der Waals surface area (Å²) < 4.78 is 0. The van der Waals surface area contributed by atoms with Gasteiger partial charge in [-0.1, -0.05) is 39.2 Å². The number of hydrogen-bond acceptors (Lipinski definition) is 2. The Hall–Kier alpha value is -0.630. The average Bonchev–Trinajstić information content (AvgIpc) is 2.98. The molecule has 4 aliphatic rings. The standard InChI is InChI=1S/C27H44O2/c1-18(7-6-14-25(2,3)29)22-10-11-23-21-9-8-19-17-20(28)12-15-26(19,4)24(21)13-16-27(22,23)5/h17-18,21-24,29H,6-16H2,1-5H3/t18-,21?,22?,23?,24?,26+,27-/m1/s1. The van der Waals surface area contributed by atoms with Gasteiger partial charge >= 0.3 is 0 Å². The monoisotopic (exact) mass is 400 g/mol. The smallest absolute Gasteiger partial charge is 0.155 e. The highest BCUT2D eigenvalue weighted by Crippen LogP contribution is 2.67. The van der Waals surface area contributed by atoms with E-state index in [1.165, 1.54) is 50.5 Å². The van der Waals surface area contributed by atoms with E-state index in [2.05, 4.69) is 20.8 Å². The fraction of sp³-hybridized carbons (Fsp3) is 0.889. The van der Waals surface area contributed by atoms with Crippen LogP contribution in [-0.4, -0.2) is 16.5 Å². The summed E-state index contributed by atoms with van der Waals surface area (Å²) in [6.45, 7) is 11.5. The van der Waals surface area contributed by atoms with E-state index in [0.717, 1.165) is 55.3 Å². The summed E-state index contributed by atoms with van der Waals surface area (Å²) in [5.74, 6) is 4.56. The quantitative estimate of drug-likeness (QED) is 0.556. The van der Waals surface area contributed by atoms with Crippen molar-refractivity contribution in [1.82, 2.24) is 0 Å². The Labute approximate surface area is 178 Å². The lowest BCUT2D eigenvalue weighted by atomic mass is 9.46. The average molecular weight is 401 g/mol. The first-order valence-electron chi connectivity index (χ1n) is 12.5. The van der Waals surface area contributed by atoms with E-state index < -0.39 is 5.60 Å². The van der Waals surface area contributed by atoms with Gasteiger partial charge in [0.15, 0.2) is 5.78 Å². The number of ketones is 1. The van der Waals surface area contributed by atoms with E-state index in [1.54, 1.807) is 0 Å². The molecule has 0 bridgehead atoms. The van der Waals surface area contributed by atoms with Crippen LogP contribution in [0, 0.1) is 40.4 Å². The van der Waals surface area contributed by atoms with Gasteiger partial charge in [0, 0.05) is 6.42 Å². The largest absolute Gasteiger partial charge is 0.390 e.